The number of hydrogen-bond acceptors (Lipinski definition) is 6. The summed E-state index contributed by atoms with van der Waals surface area (Å²) in [6.45, 7) is -0.00989. The van der Waals surface area contributed by atoms with Crippen molar-refractivity contribution in [3.63, 3.8) is 0 Å². The maximum Gasteiger partial charge on any atom is 0.251 e. The van der Waals surface area contributed by atoms with Crippen LogP contribution in [0.1, 0.15) is 17.6 Å². The number of nitrogens with zero attached hydrogens (tertiary/aromatic N) is 4. The van der Waals surface area contributed by atoms with E-state index < -0.39 is 17.9 Å². The van der Waals surface area contributed by atoms with Crippen molar-refractivity contribution in [2.75, 3.05) is 4.90 Å². The van der Waals surface area contributed by atoms with E-state index in [1.165, 1.54) is 22.1 Å². The summed E-state index contributed by atoms with van der Waals surface area (Å²) in [6.07, 6.45) is 2.98. The fourth-order valence-corrected chi connectivity index (χ4v) is 3.99. The average Bonchev–Trinajstić information content (AvgIpc) is 3.64. The second kappa shape index (κ2) is 9.86. The minimum absolute atomic E-state index is 0.147. The van der Waals surface area contributed by atoms with Crippen LogP contribution in [0.2, 0.25) is 5.02 Å². The SMILES string of the molecule is O=C(NCc1ccco1)[C@@H](c1ccco1)N(C(=O)Cn1nnc2ccccc21)c1cccc(Cl)c1. The van der Waals surface area contributed by atoms with Crippen LogP contribution in [0.4, 0.5) is 5.69 Å². The predicted octanol–water partition coefficient (Wildman–Crippen LogP) is 4.36. The lowest BCUT2D eigenvalue weighted by molar-refractivity contribution is -0.127. The molecule has 2 aromatic carbocycles. The van der Waals surface area contributed by atoms with E-state index in [4.69, 9.17) is 20.4 Å². The Hall–Kier alpha value is -4.37. The number of aromatic nitrogens is 3. The van der Waals surface area contributed by atoms with Crippen molar-refractivity contribution < 1.29 is 18.4 Å². The molecule has 3 heterocycles. The molecule has 176 valence electrons. The Labute approximate surface area is 204 Å². The van der Waals surface area contributed by atoms with Crippen LogP contribution in [0.25, 0.3) is 11.0 Å². The lowest BCUT2D eigenvalue weighted by Crippen LogP contribution is -2.45. The van der Waals surface area contributed by atoms with Gasteiger partial charge in [0.2, 0.25) is 5.91 Å². The van der Waals surface area contributed by atoms with Gasteiger partial charge in [0, 0.05) is 10.7 Å². The van der Waals surface area contributed by atoms with Gasteiger partial charge in [0.25, 0.3) is 5.91 Å². The largest absolute Gasteiger partial charge is 0.467 e. The van der Waals surface area contributed by atoms with Crippen LogP contribution < -0.4 is 10.2 Å². The van der Waals surface area contributed by atoms with Crippen LogP contribution >= 0.6 is 11.6 Å². The van der Waals surface area contributed by atoms with Crippen molar-refractivity contribution in [1.29, 1.82) is 0 Å². The molecule has 0 aliphatic heterocycles. The van der Waals surface area contributed by atoms with Crippen molar-refractivity contribution >= 4 is 40.1 Å². The number of halogens is 1. The number of carbonyl (C=O) groups is 2. The lowest BCUT2D eigenvalue weighted by atomic mass is 10.1. The summed E-state index contributed by atoms with van der Waals surface area (Å²) in [6, 6.07) is 19.7. The molecule has 1 N–H and O–H groups in total. The van der Waals surface area contributed by atoms with Gasteiger partial charge >= 0.3 is 0 Å². The highest BCUT2D eigenvalue weighted by molar-refractivity contribution is 6.31. The van der Waals surface area contributed by atoms with Crippen molar-refractivity contribution in [3.8, 4) is 0 Å². The fourth-order valence-electron chi connectivity index (χ4n) is 3.81. The van der Waals surface area contributed by atoms with Gasteiger partial charge in [-0.25, -0.2) is 4.68 Å². The van der Waals surface area contributed by atoms with Crippen LogP contribution in [0.15, 0.2) is 94.2 Å². The highest BCUT2D eigenvalue weighted by atomic mass is 35.5. The number of rotatable bonds is 8. The maximum absolute atomic E-state index is 13.8. The van der Waals surface area contributed by atoms with E-state index in [1.807, 2.05) is 24.3 Å². The van der Waals surface area contributed by atoms with Gasteiger partial charge in [-0.15, -0.1) is 5.10 Å². The topological polar surface area (TPSA) is 106 Å². The molecule has 0 radical (unpaired) electrons. The summed E-state index contributed by atoms with van der Waals surface area (Å²) in [5.74, 6) is 0.00979. The number of anilines is 1. The molecule has 0 unspecified atom stereocenters. The molecular formula is C25H20ClN5O4. The minimum Gasteiger partial charge on any atom is -0.467 e. The minimum atomic E-state index is -1.11. The monoisotopic (exact) mass is 489 g/mol. The van der Waals surface area contributed by atoms with E-state index in [-0.39, 0.29) is 13.1 Å². The number of para-hydroxylation sites is 1. The van der Waals surface area contributed by atoms with E-state index in [0.29, 0.717) is 33.3 Å². The normalized spacial score (nSPS) is 11.9. The molecule has 10 heteroatoms. The van der Waals surface area contributed by atoms with Crippen LogP contribution in [0.5, 0.6) is 0 Å². The molecule has 0 spiro atoms. The molecule has 2 amide bonds. The van der Waals surface area contributed by atoms with Crippen LogP contribution in [-0.4, -0.2) is 26.8 Å². The van der Waals surface area contributed by atoms with E-state index in [1.54, 1.807) is 48.5 Å². The van der Waals surface area contributed by atoms with Crippen LogP contribution in [0.3, 0.4) is 0 Å². The summed E-state index contributed by atoms with van der Waals surface area (Å²) in [5.41, 5.74) is 1.79. The smallest absolute Gasteiger partial charge is 0.251 e. The van der Waals surface area contributed by atoms with Gasteiger partial charge in [0.05, 0.1) is 24.6 Å². The predicted molar refractivity (Wildman–Crippen MR) is 128 cm³/mol. The second-order valence-corrected chi connectivity index (χ2v) is 8.13. The summed E-state index contributed by atoms with van der Waals surface area (Å²) in [4.78, 5) is 28.6. The number of nitrogens with one attached hydrogen (secondary N) is 1. The first-order chi connectivity index (χ1) is 17.1. The fraction of sp³-hybridized carbons (Fsp3) is 0.120. The Morgan fingerprint density at radius 1 is 1.00 bits per heavy atom. The third-order valence-corrected chi connectivity index (χ3v) is 5.63. The average molecular weight is 490 g/mol. The van der Waals surface area contributed by atoms with E-state index >= 15 is 0 Å². The molecule has 0 bridgehead atoms. The third kappa shape index (κ3) is 4.80. The van der Waals surface area contributed by atoms with Gasteiger partial charge in [-0.05, 0) is 54.6 Å². The molecule has 9 nitrogen and oxygen atoms in total. The summed E-state index contributed by atoms with van der Waals surface area (Å²) in [5, 5.41) is 11.5. The second-order valence-electron chi connectivity index (χ2n) is 7.69. The lowest BCUT2D eigenvalue weighted by Gasteiger charge is -2.30. The van der Waals surface area contributed by atoms with Crippen molar-refractivity contribution in [3.05, 3.63) is 102 Å². The number of carbonyl (C=O) groups excluding carboxylic acids is 2. The number of fused-ring (bicyclic) bond motifs is 1. The number of benzene rings is 2. The Bertz CT molecular complexity index is 1450. The zero-order valence-electron chi connectivity index (χ0n) is 18.4. The van der Waals surface area contributed by atoms with Crippen molar-refractivity contribution in [1.82, 2.24) is 20.3 Å². The highest BCUT2D eigenvalue weighted by Gasteiger charge is 2.35. The zero-order chi connectivity index (χ0) is 24.2. The Morgan fingerprint density at radius 2 is 1.83 bits per heavy atom. The summed E-state index contributed by atoms with van der Waals surface area (Å²) < 4.78 is 12.4. The Morgan fingerprint density at radius 3 is 2.60 bits per heavy atom. The number of furan rings is 2. The molecule has 3 aromatic heterocycles. The third-order valence-electron chi connectivity index (χ3n) is 5.40. The van der Waals surface area contributed by atoms with Crippen LogP contribution in [0, 0.1) is 0 Å². The zero-order valence-corrected chi connectivity index (χ0v) is 19.1. The first-order valence-electron chi connectivity index (χ1n) is 10.8. The van der Waals surface area contributed by atoms with Gasteiger partial charge in [-0.3, -0.25) is 14.5 Å². The molecule has 0 aliphatic rings. The van der Waals surface area contributed by atoms with Gasteiger partial charge in [-0.1, -0.05) is 35.0 Å². The van der Waals surface area contributed by atoms with Gasteiger partial charge in [-0.2, -0.15) is 0 Å². The first kappa shape index (κ1) is 22.4. The summed E-state index contributed by atoms with van der Waals surface area (Å²) in [7, 11) is 0. The summed E-state index contributed by atoms with van der Waals surface area (Å²) >= 11 is 6.25. The quantitative estimate of drug-likeness (QED) is 0.347. The molecule has 0 saturated heterocycles. The van der Waals surface area contributed by atoms with Gasteiger partial charge < -0.3 is 14.2 Å². The van der Waals surface area contributed by atoms with E-state index in [0.717, 1.165) is 0 Å². The highest BCUT2D eigenvalue weighted by Crippen LogP contribution is 2.30. The number of hydrogen-bond donors (Lipinski definition) is 1. The molecular weight excluding hydrogens is 470 g/mol. The molecule has 0 fully saturated rings. The maximum atomic E-state index is 13.8. The Balaban J connectivity index is 1.52. The molecule has 5 aromatic rings. The Kier molecular flexibility index (Phi) is 6.32. The number of amides is 2. The molecule has 0 aliphatic carbocycles. The first-order valence-corrected chi connectivity index (χ1v) is 11.2. The standard InChI is InChI=1S/C25H20ClN5O4/c26-17-6-3-7-18(14-17)31(23(32)16-30-21-10-2-1-9-20(21)28-29-30)24(22-11-5-13-35-22)25(33)27-15-19-8-4-12-34-19/h1-14,24H,15-16H2,(H,27,33)/t24-/m1/s1. The van der Waals surface area contributed by atoms with Crippen molar-refractivity contribution in [2.24, 2.45) is 0 Å². The van der Waals surface area contributed by atoms with E-state index in [2.05, 4.69) is 15.6 Å². The molecule has 5 rings (SSSR count). The molecule has 1 atom stereocenters. The van der Waals surface area contributed by atoms with Gasteiger partial charge in [0.15, 0.2) is 6.04 Å². The van der Waals surface area contributed by atoms with Crippen LogP contribution in [-0.2, 0) is 22.7 Å². The van der Waals surface area contributed by atoms with Gasteiger partial charge in [0.1, 0.15) is 23.6 Å². The molecule has 0 saturated carbocycles. The van der Waals surface area contributed by atoms with Crippen molar-refractivity contribution in [2.45, 2.75) is 19.1 Å². The van der Waals surface area contributed by atoms with E-state index in [9.17, 15) is 9.59 Å². The molecule has 35 heavy (non-hydrogen) atoms.